The standard InChI is InChI=1S/C20H22N2O4/c23-19(24)16-10-12-22(14-16)20(25)21-11-13-26-18-9-5-4-8-17(18)15-6-2-1-3-7-15/h1-9,16H,10-14H2,(H,21,25)(H,23,24). The van der Waals surface area contributed by atoms with E-state index in [9.17, 15) is 9.59 Å². The molecule has 2 aromatic carbocycles. The Balaban J connectivity index is 1.49. The number of benzene rings is 2. The zero-order valence-electron chi connectivity index (χ0n) is 14.4. The number of rotatable bonds is 6. The van der Waals surface area contributed by atoms with Crippen molar-refractivity contribution in [1.29, 1.82) is 0 Å². The van der Waals surface area contributed by atoms with Crippen LogP contribution in [0.1, 0.15) is 6.42 Å². The number of nitrogens with one attached hydrogen (secondary N) is 1. The highest BCUT2D eigenvalue weighted by molar-refractivity contribution is 5.77. The molecule has 0 bridgehead atoms. The molecule has 1 aliphatic rings. The minimum Gasteiger partial charge on any atom is -0.491 e. The van der Waals surface area contributed by atoms with E-state index in [-0.39, 0.29) is 12.6 Å². The lowest BCUT2D eigenvalue weighted by molar-refractivity contribution is -0.141. The molecule has 1 aliphatic heterocycles. The van der Waals surface area contributed by atoms with E-state index in [4.69, 9.17) is 9.84 Å². The maximum Gasteiger partial charge on any atom is 0.317 e. The van der Waals surface area contributed by atoms with Gasteiger partial charge in [-0.3, -0.25) is 4.79 Å². The Morgan fingerprint density at radius 1 is 1.12 bits per heavy atom. The van der Waals surface area contributed by atoms with Gasteiger partial charge in [0.2, 0.25) is 0 Å². The molecule has 2 amide bonds. The summed E-state index contributed by atoms with van der Waals surface area (Å²) in [6.07, 6.45) is 0.504. The third-order valence-electron chi connectivity index (χ3n) is 4.43. The van der Waals surface area contributed by atoms with Gasteiger partial charge in [0.05, 0.1) is 12.5 Å². The van der Waals surface area contributed by atoms with Gasteiger partial charge in [-0.2, -0.15) is 0 Å². The molecule has 1 unspecified atom stereocenters. The third kappa shape index (κ3) is 4.33. The summed E-state index contributed by atoms with van der Waals surface area (Å²) in [6, 6.07) is 17.5. The van der Waals surface area contributed by atoms with E-state index >= 15 is 0 Å². The number of para-hydroxylation sites is 1. The van der Waals surface area contributed by atoms with Crippen molar-refractivity contribution in [1.82, 2.24) is 10.2 Å². The fraction of sp³-hybridized carbons (Fsp3) is 0.300. The molecule has 1 heterocycles. The normalized spacial score (nSPS) is 16.3. The molecule has 2 aromatic rings. The first-order valence-corrected chi connectivity index (χ1v) is 8.68. The molecular weight excluding hydrogens is 332 g/mol. The Bertz CT molecular complexity index is 763. The summed E-state index contributed by atoms with van der Waals surface area (Å²) in [5.74, 6) is -0.545. The fourth-order valence-electron chi connectivity index (χ4n) is 3.03. The molecule has 0 spiro atoms. The van der Waals surface area contributed by atoms with Gasteiger partial charge in [0, 0.05) is 18.7 Å². The van der Waals surface area contributed by atoms with E-state index in [0.717, 1.165) is 16.9 Å². The number of hydrogen-bond donors (Lipinski definition) is 2. The number of nitrogens with zero attached hydrogens (tertiary/aromatic N) is 1. The van der Waals surface area contributed by atoms with Crippen LogP contribution >= 0.6 is 0 Å². The van der Waals surface area contributed by atoms with Crippen LogP contribution in [-0.4, -0.2) is 48.2 Å². The third-order valence-corrected chi connectivity index (χ3v) is 4.43. The molecule has 3 rings (SSSR count). The van der Waals surface area contributed by atoms with Crippen molar-refractivity contribution in [2.45, 2.75) is 6.42 Å². The molecule has 26 heavy (non-hydrogen) atoms. The van der Waals surface area contributed by atoms with Crippen molar-refractivity contribution in [3.05, 3.63) is 54.6 Å². The van der Waals surface area contributed by atoms with Crippen LogP contribution in [0.2, 0.25) is 0 Å². The van der Waals surface area contributed by atoms with Gasteiger partial charge in [0.15, 0.2) is 0 Å². The Morgan fingerprint density at radius 2 is 1.85 bits per heavy atom. The molecule has 1 atom stereocenters. The number of aliphatic carboxylic acids is 1. The van der Waals surface area contributed by atoms with Crippen LogP contribution in [0.4, 0.5) is 4.79 Å². The summed E-state index contributed by atoms with van der Waals surface area (Å²) < 4.78 is 5.84. The number of carboxylic acid groups (broad SMARTS) is 1. The summed E-state index contributed by atoms with van der Waals surface area (Å²) in [4.78, 5) is 24.6. The molecule has 1 saturated heterocycles. The molecule has 1 fully saturated rings. The molecule has 0 aliphatic carbocycles. The molecule has 2 N–H and O–H groups in total. The Morgan fingerprint density at radius 3 is 2.58 bits per heavy atom. The number of ether oxygens (including phenoxy) is 1. The van der Waals surface area contributed by atoms with E-state index in [1.807, 2.05) is 54.6 Å². The van der Waals surface area contributed by atoms with E-state index in [1.165, 1.54) is 4.90 Å². The highest BCUT2D eigenvalue weighted by atomic mass is 16.5. The monoisotopic (exact) mass is 354 g/mol. The van der Waals surface area contributed by atoms with Gasteiger partial charge in [0.25, 0.3) is 0 Å². The van der Waals surface area contributed by atoms with E-state index in [1.54, 1.807) is 0 Å². The van der Waals surface area contributed by atoms with Crippen molar-refractivity contribution >= 4 is 12.0 Å². The Hall–Kier alpha value is -3.02. The highest BCUT2D eigenvalue weighted by Gasteiger charge is 2.30. The van der Waals surface area contributed by atoms with Crippen LogP contribution < -0.4 is 10.1 Å². The van der Waals surface area contributed by atoms with Crippen molar-refractivity contribution < 1.29 is 19.4 Å². The molecule has 0 aromatic heterocycles. The van der Waals surface area contributed by atoms with Crippen molar-refractivity contribution in [2.24, 2.45) is 5.92 Å². The number of likely N-dealkylation sites (tertiary alicyclic amines) is 1. The van der Waals surface area contributed by atoms with Gasteiger partial charge in [0.1, 0.15) is 12.4 Å². The lowest BCUT2D eigenvalue weighted by Crippen LogP contribution is -2.40. The number of carbonyl (C=O) groups excluding carboxylic acids is 1. The van der Waals surface area contributed by atoms with Gasteiger partial charge in [-0.05, 0) is 18.1 Å². The second-order valence-electron chi connectivity index (χ2n) is 6.21. The smallest absolute Gasteiger partial charge is 0.317 e. The minimum atomic E-state index is -0.846. The first kappa shape index (κ1) is 17.8. The fourth-order valence-corrected chi connectivity index (χ4v) is 3.03. The average Bonchev–Trinajstić information content (AvgIpc) is 3.17. The van der Waals surface area contributed by atoms with Gasteiger partial charge in [-0.25, -0.2) is 4.79 Å². The van der Waals surface area contributed by atoms with E-state index in [0.29, 0.717) is 26.1 Å². The second kappa shape index (κ2) is 8.38. The zero-order valence-corrected chi connectivity index (χ0v) is 14.4. The molecule has 6 heteroatoms. The molecular formula is C20H22N2O4. The maximum absolute atomic E-state index is 12.1. The maximum atomic E-state index is 12.1. The number of urea groups is 1. The topological polar surface area (TPSA) is 78.9 Å². The number of carboxylic acids is 1. The van der Waals surface area contributed by atoms with Crippen LogP contribution in [0.5, 0.6) is 5.75 Å². The van der Waals surface area contributed by atoms with E-state index < -0.39 is 11.9 Å². The molecule has 0 radical (unpaired) electrons. The van der Waals surface area contributed by atoms with Crippen molar-refractivity contribution in [2.75, 3.05) is 26.2 Å². The lowest BCUT2D eigenvalue weighted by Gasteiger charge is -2.17. The van der Waals surface area contributed by atoms with Gasteiger partial charge < -0.3 is 20.1 Å². The van der Waals surface area contributed by atoms with Crippen LogP contribution in [0.25, 0.3) is 11.1 Å². The molecule has 0 saturated carbocycles. The van der Waals surface area contributed by atoms with Crippen molar-refractivity contribution in [3.63, 3.8) is 0 Å². The van der Waals surface area contributed by atoms with Gasteiger partial charge in [-0.15, -0.1) is 0 Å². The lowest BCUT2D eigenvalue weighted by atomic mass is 10.1. The number of amides is 2. The SMILES string of the molecule is O=C(O)C1CCN(C(=O)NCCOc2ccccc2-c2ccccc2)C1. The van der Waals surface area contributed by atoms with Gasteiger partial charge >= 0.3 is 12.0 Å². The summed E-state index contributed by atoms with van der Waals surface area (Å²) in [5.41, 5.74) is 2.08. The van der Waals surface area contributed by atoms with Crippen molar-refractivity contribution in [3.8, 4) is 16.9 Å². The Kier molecular flexibility index (Phi) is 5.73. The minimum absolute atomic E-state index is 0.242. The number of hydrogen-bond acceptors (Lipinski definition) is 3. The Labute approximate surface area is 152 Å². The number of carbonyl (C=O) groups is 2. The predicted molar refractivity (Wildman–Crippen MR) is 98.1 cm³/mol. The van der Waals surface area contributed by atoms with Crippen LogP contribution in [0.3, 0.4) is 0 Å². The molecule has 136 valence electrons. The first-order chi connectivity index (χ1) is 12.6. The zero-order chi connectivity index (χ0) is 18.4. The first-order valence-electron chi connectivity index (χ1n) is 8.68. The van der Waals surface area contributed by atoms with Crippen LogP contribution in [0.15, 0.2) is 54.6 Å². The van der Waals surface area contributed by atoms with Crippen LogP contribution in [0, 0.1) is 5.92 Å². The molecule has 6 nitrogen and oxygen atoms in total. The summed E-state index contributed by atoms with van der Waals surface area (Å²) in [5, 5.41) is 11.8. The summed E-state index contributed by atoms with van der Waals surface area (Å²) >= 11 is 0. The van der Waals surface area contributed by atoms with E-state index in [2.05, 4.69) is 5.32 Å². The average molecular weight is 354 g/mol. The summed E-state index contributed by atoms with van der Waals surface area (Å²) in [6.45, 7) is 1.43. The largest absolute Gasteiger partial charge is 0.491 e. The van der Waals surface area contributed by atoms with Crippen LogP contribution in [-0.2, 0) is 4.79 Å². The quantitative estimate of drug-likeness (QED) is 0.782. The summed E-state index contributed by atoms with van der Waals surface area (Å²) in [7, 11) is 0. The highest BCUT2D eigenvalue weighted by Crippen LogP contribution is 2.29. The predicted octanol–water partition coefficient (Wildman–Crippen LogP) is 2.85. The second-order valence-corrected chi connectivity index (χ2v) is 6.21. The van der Waals surface area contributed by atoms with Gasteiger partial charge in [-0.1, -0.05) is 48.5 Å².